The molecule has 9 heteroatoms. The van der Waals surface area contributed by atoms with Crippen molar-refractivity contribution in [3.8, 4) is 5.75 Å². The van der Waals surface area contributed by atoms with Crippen molar-refractivity contribution in [2.45, 2.75) is 52.4 Å². The zero-order chi connectivity index (χ0) is 32.0. The van der Waals surface area contributed by atoms with Crippen LogP contribution < -0.4 is 4.74 Å². The standard InChI is InChI=1S/C36H42N2O7/c1-27-28(2)34(43-23-10-9-22-39)19-18-32(27)33(40)17-11-16-31-24-37(35(41)44-25-29-12-5-3-6-13-29)20-21-38(31)36(42)45-26-30-14-7-4-8-15-30/h3-8,11-15,17-19,31,39H,9-10,16,20-26H2,1-2H3/b17-11+/t31-/m0/s1. The maximum absolute atomic E-state index is 13.2. The third kappa shape index (κ3) is 9.68. The van der Waals surface area contributed by atoms with Crippen LogP contribution in [-0.4, -0.2) is 71.8 Å². The molecule has 0 unspecified atom stereocenters. The first-order valence-corrected chi connectivity index (χ1v) is 15.3. The molecule has 9 nitrogen and oxygen atoms in total. The Bertz CT molecular complexity index is 1440. The summed E-state index contributed by atoms with van der Waals surface area (Å²) in [6, 6.07) is 22.1. The Balaban J connectivity index is 1.41. The molecule has 0 saturated carbocycles. The summed E-state index contributed by atoms with van der Waals surface area (Å²) in [4.78, 5) is 42.5. The number of hydrogen-bond acceptors (Lipinski definition) is 7. The van der Waals surface area contributed by atoms with Crippen molar-refractivity contribution >= 4 is 18.0 Å². The quantitative estimate of drug-likeness (QED) is 0.138. The average Bonchev–Trinajstić information content (AvgIpc) is 3.07. The molecular formula is C36H42N2O7. The van der Waals surface area contributed by atoms with E-state index in [9.17, 15) is 14.4 Å². The van der Waals surface area contributed by atoms with Gasteiger partial charge in [0.2, 0.25) is 0 Å². The van der Waals surface area contributed by atoms with Crippen molar-refractivity contribution in [2.75, 3.05) is 32.8 Å². The number of ether oxygens (including phenoxy) is 3. The van der Waals surface area contributed by atoms with Gasteiger partial charge in [0.25, 0.3) is 0 Å². The lowest BCUT2D eigenvalue weighted by atomic mass is 9.98. The Hall–Kier alpha value is -4.63. The van der Waals surface area contributed by atoms with E-state index in [1.165, 1.54) is 6.08 Å². The number of ketones is 1. The molecule has 0 bridgehead atoms. The Morgan fingerprint density at radius 3 is 2.11 bits per heavy atom. The fraction of sp³-hybridized carbons (Fsp3) is 0.361. The molecule has 1 fully saturated rings. The predicted octanol–water partition coefficient (Wildman–Crippen LogP) is 6.24. The number of nitrogens with zero attached hydrogens (tertiary/aromatic N) is 2. The third-order valence-electron chi connectivity index (χ3n) is 7.88. The zero-order valence-electron chi connectivity index (χ0n) is 26.0. The fourth-order valence-electron chi connectivity index (χ4n) is 5.11. The summed E-state index contributed by atoms with van der Waals surface area (Å²) in [6.45, 7) is 5.56. The minimum atomic E-state index is -0.470. The van der Waals surface area contributed by atoms with Crippen LogP contribution in [0.25, 0.3) is 0 Å². The van der Waals surface area contributed by atoms with Gasteiger partial charge >= 0.3 is 12.2 Å². The molecule has 1 saturated heterocycles. The molecule has 0 aromatic heterocycles. The number of benzene rings is 3. The lowest BCUT2D eigenvalue weighted by Crippen LogP contribution is -2.56. The highest BCUT2D eigenvalue weighted by atomic mass is 16.6. The number of aliphatic hydroxyl groups is 1. The SMILES string of the molecule is Cc1c(OCCCCO)ccc(C(=O)/C=C/C[C@H]2CN(C(=O)OCc3ccccc3)CCN2C(=O)OCc2ccccc2)c1C. The first-order chi connectivity index (χ1) is 21.9. The topological polar surface area (TPSA) is 106 Å². The highest BCUT2D eigenvalue weighted by Gasteiger charge is 2.33. The van der Waals surface area contributed by atoms with Crippen LogP contribution >= 0.6 is 0 Å². The molecule has 4 rings (SSSR count). The Morgan fingerprint density at radius 1 is 0.822 bits per heavy atom. The second-order valence-corrected chi connectivity index (χ2v) is 11.0. The molecule has 2 amide bonds. The normalized spacial score (nSPS) is 14.8. The summed E-state index contributed by atoms with van der Waals surface area (Å²) in [5.41, 5.74) is 4.06. The molecule has 1 heterocycles. The number of carbonyl (C=O) groups excluding carboxylic acids is 3. The summed E-state index contributed by atoms with van der Waals surface area (Å²) >= 11 is 0. The molecule has 0 radical (unpaired) electrons. The van der Waals surface area contributed by atoms with Gasteiger partial charge in [-0.3, -0.25) is 4.79 Å². The Morgan fingerprint density at radius 2 is 1.47 bits per heavy atom. The molecule has 3 aromatic rings. The van der Waals surface area contributed by atoms with Crippen LogP contribution in [-0.2, 0) is 22.7 Å². The number of aliphatic hydroxyl groups excluding tert-OH is 1. The van der Waals surface area contributed by atoms with Crippen molar-refractivity contribution in [3.05, 3.63) is 113 Å². The van der Waals surface area contributed by atoms with Gasteiger partial charge in [-0.15, -0.1) is 0 Å². The molecule has 1 aliphatic rings. The van der Waals surface area contributed by atoms with Gasteiger partial charge in [-0.05, 0) is 73.6 Å². The largest absolute Gasteiger partial charge is 0.493 e. The monoisotopic (exact) mass is 614 g/mol. The van der Waals surface area contributed by atoms with Crippen LogP contribution in [0, 0.1) is 13.8 Å². The number of carbonyl (C=O) groups is 3. The Labute approximate surface area is 265 Å². The second kappa shape index (κ2) is 17.0. The van der Waals surface area contributed by atoms with Gasteiger partial charge in [0, 0.05) is 31.8 Å². The molecule has 1 aliphatic heterocycles. The van der Waals surface area contributed by atoms with Crippen LogP contribution in [0.4, 0.5) is 9.59 Å². The smallest absolute Gasteiger partial charge is 0.410 e. The number of unbranched alkanes of at least 4 members (excludes halogenated alkanes) is 1. The maximum atomic E-state index is 13.2. The van der Waals surface area contributed by atoms with E-state index in [2.05, 4.69) is 0 Å². The number of rotatable bonds is 13. The molecule has 0 aliphatic carbocycles. The lowest BCUT2D eigenvalue weighted by molar-refractivity contribution is 0.0331. The van der Waals surface area contributed by atoms with Crippen molar-refractivity contribution in [1.29, 1.82) is 0 Å². The van der Waals surface area contributed by atoms with E-state index in [1.807, 2.05) is 74.5 Å². The molecule has 238 valence electrons. The van der Waals surface area contributed by atoms with E-state index >= 15 is 0 Å². The summed E-state index contributed by atoms with van der Waals surface area (Å²) < 4.78 is 17.0. The number of hydrogen-bond donors (Lipinski definition) is 1. The van der Waals surface area contributed by atoms with Crippen LogP contribution in [0.1, 0.15) is 51.9 Å². The van der Waals surface area contributed by atoms with Crippen LogP contribution in [0.3, 0.4) is 0 Å². The van der Waals surface area contributed by atoms with Gasteiger partial charge < -0.3 is 29.1 Å². The summed E-state index contributed by atoms with van der Waals surface area (Å²) in [6.07, 6.45) is 4.11. The number of amides is 2. The minimum Gasteiger partial charge on any atom is -0.493 e. The first kappa shape index (κ1) is 33.3. The molecule has 1 N–H and O–H groups in total. The second-order valence-electron chi connectivity index (χ2n) is 11.0. The lowest BCUT2D eigenvalue weighted by Gasteiger charge is -2.39. The predicted molar refractivity (Wildman–Crippen MR) is 171 cm³/mol. The highest BCUT2D eigenvalue weighted by Crippen LogP contribution is 2.25. The van der Waals surface area contributed by atoms with Gasteiger partial charge in [-0.25, -0.2) is 9.59 Å². The molecule has 3 aromatic carbocycles. The van der Waals surface area contributed by atoms with E-state index in [4.69, 9.17) is 19.3 Å². The third-order valence-corrected chi connectivity index (χ3v) is 7.88. The van der Waals surface area contributed by atoms with Crippen molar-refractivity contribution < 1.29 is 33.7 Å². The van der Waals surface area contributed by atoms with E-state index < -0.39 is 18.2 Å². The van der Waals surface area contributed by atoms with Gasteiger partial charge in [0.05, 0.1) is 12.6 Å². The van der Waals surface area contributed by atoms with Crippen molar-refractivity contribution in [3.63, 3.8) is 0 Å². The van der Waals surface area contributed by atoms with E-state index in [-0.39, 0.29) is 38.7 Å². The molecule has 45 heavy (non-hydrogen) atoms. The van der Waals surface area contributed by atoms with Gasteiger partial charge in [-0.1, -0.05) is 66.7 Å². The van der Waals surface area contributed by atoms with Gasteiger partial charge in [-0.2, -0.15) is 0 Å². The van der Waals surface area contributed by atoms with E-state index in [1.54, 1.807) is 28.0 Å². The molecule has 1 atom stereocenters. The van der Waals surface area contributed by atoms with Crippen molar-refractivity contribution in [2.24, 2.45) is 0 Å². The van der Waals surface area contributed by atoms with Crippen LogP contribution in [0.5, 0.6) is 5.75 Å². The highest BCUT2D eigenvalue weighted by molar-refractivity contribution is 6.05. The summed E-state index contributed by atoms with van der Waals surface area (Å²) in [5.74, 6) is 0.563. The van der Waals surface area contributed by atoms with Crippen molar-refractivity contribution in [1.82, 2.24) is 9.80 Å². The zero-order valence-corrected chi connectivity index (χ0v) is 26.0. The fourth-order valence-corrected chi connectivity index (χ4v) is 5.11. The van der Waals surface area contributed by atoms with E-state index in [0.717, 1.165) is 34.4 Å². The summed E-state index contributed by atoms with van der Waals surface area (Å²) in [7, 11) is 0. The molecular weight excluding hydrogens is 572 g/mol. The van der Waals surface area contributed by atoms with Gasteiger partial charge in [0.1, 0.15) is 19.0 Å². The molecule has 0 spiro atoms. The maximum Gasteiger partial charge on any atom is 0.410 e. The van der Waals surface area contributed by atoms with Crippen LogP contribution in [0.15, 0.2) is 84.9 Å². The number of piperazine rings is 1. The van der Waals surface area contributed by atoms with Gasteiger partial charge in [0.15, 0.2) is 5.78 Å². The first-order valence-electron chi connectivity index (χ1n) is 15.3. The average molecular weight is 615 g/mol. The number of allylic oxidation sites excluding steroid dienone is 1. The summed E-state index contributed by atoms with van der Waals surface area (Å²) in [5, 5.41) is 8.97. The minimum absolute atomic E-state index is 0.130. The van der Waals surface area contributed by atoms with E-state index in [0.29, 0.717) is 31.6 Å². The van der Waals surface area contributed by atoms with Crippen LogP contribution in [0.2, 0.25) is 0 Å². The Kier molecular flexibility index (Phi) is 12.6.